The highest BCUT2D eigenvalue weighted by Gasteiger charge is 2.09. The van der Waals surface area contributed by atoms with Crippen molar-refractivity contribution in [3.63, 3.8) is 0 Å². The summed E-state index contributed by atoms with van der Waals surface area (Å²) in [4.78, 5) is 11.5. The molecular formula is C8H16N4O. The van der Waals surface area contributed by atoms with E-state index in [2.05, 4.69) is 5.10 Å². The van der Waals surface area contributed by atoms with Gasteiger partial charge in [-0.3, -0.25) is 14.6 Å². The van der Waals surface area contributed by atoms with E-state index < -0.39 is 0 Å². The van der Waals surface area contributed by atoms with Crippen molar-refractivity contribution in [2.45, 2.75) is 12.8 Å². The van der Waals surface area contributed by atoms with Gasteiger partial charge in [-0.15, -0.1) is 0 Å². The third-order valence-corrected chi connectivity index (χ3v) is 2.02. The third kappa shape index (κ3) is 1.99. The summed E-state index contributed by atoms with van der Waals surface area (Å²) in [5, 5.41) is 2.97. The highest BCUT2D eigenvalue weighted by molar-refractivity contribution is 5.18. The molecule has 0 saturated heterocycles. The summed E-state index contributed by atoms with van der Waals surface area (Å²) in [6.45, 7) is 1.03. The standard InChI is InChI=1S/C8H16N4O/c1-12-8(13)6(2-4-9)7(11-12)3-5-10/h11H,2-5,9-10H2,1H3. The lowest BCUT2D eigenvalue weighted by Crippen LogP contribution is -2.18. The van der Waals surface area contributed by atoms with E-state index in [0.29, 0.717) is 25.9 Å². The van der Waals surface area contributed by atoms with Gasteiger partial charge in [-0.1, -0.05) is 0 Å². The maximum atomic E-state index is 11.5. The van der Waals surface area contributed by atoms with Crippen LogP contribution in [-0.2, 0) is 19.9 Å². The molecule has 0 bridgehead atoms. The number of aryl methyl sites for hydroxylation is 1. The topological polar surface area (TPSA) is 89.8 Å². The fraction of sp³-hybridized carbons (Fsp3) is 0.625. The third-order valence-electron chi connectivity index (χ3n) is 2.02. The van der Waals surface area contributed by atoms with Gasteiger partial charge in [0.25, 0.3) is 5.56 Å². The van der Waals surface area contributed by atoms with Crippen LogP contribution in [0.1, 0.15) is 11.3 Å². The highest BCUT2D eigenvalue weighted by atomic mass is 16.1. The second kappa shape index (κ2) is 4.25. The Balaban J connectivity index is 3.03. The normalized spacial score (nSPS) is 10.7. The molecule has 0 saturated carbocycles. The van der Waals surface area contributed by atoms with Gasteiger partial charge in [0.1, 0.15) is 0 Å². The van der Waals surface area contributed by atoms with Crippen LogP contribution in [0, 0.1) is 0 Å². The Bertz CT molecular complexity index is 325. The predicted molar refractivity (Wildman–Crippen MR) is 51.6 cm³/mol. The van der Waals surface area contributed by atoms with Crippen molar-refractivity contribution in [3.8, 4) is 0 Å². The molecule has 5 heteroatoms. The summed E-state index contributed by atoms with van der Waals surface area (Å²) in [6, 6.07) is 0. The molecule has 0 aliphatic heterocycles. The summed E-state index contributed by atoms with van der Waals surface area (Å²) in [6.07, 6.45) is 1.32. The number of nitrogens with zero attached hydrogens (tertiary/aromatic N) is 1. The first-order valence-corrected chi connectivity index (χ1v) is 4.37. The Morgan fingerprint density at radius 2 is 1.92 bits per heavy atom. The molecule has 0 fully saturated rings. The molecule has 0 atom stereocenters. The zero-order chi connectivity index (χ0) is 9.84. The first-order valence-electron chi connectivity index (χ1n) is 4.37. The van der Waals surface area contributed by atoms with E-state index in [1.807, 2.05) is 0 Å². The van der Waals surface area contributed by atoms with Crippen LogP contribution >= 0.6 is 0 Å². The average molecular weight is 184 g/mol. The number of hydrogen-bond acceptors (Lipinski definition) is 3. The summed E-state index contributed by atoms with van der Waals surface area (Å²) in [5.41, 5.74) is 12.5. The van der Waals surface area contributed by atoms with Gasteiger partial charge in [0, 0.05) is 24.7 Å². The molecule has 0 radical (unpaired) electrons. The molecule has 0 amide bonds. The van der Waals surface area contributed by atoms with Crippen molar-refractivity contribution in [2.24, 2.45) is 18.5 Å². The van der Waals surface area contributed by atoms with Gasteiger partial charge in [0.2, 0.25) is 0 Å². The Morgan fingerprint density at radius 3 is 2.46 bits per heavy atom. The molecule has 0 aliphatic rings. The van der Waals surface area contributed by atoms with Crippen LogP contribution < -0.4 is 17.0 Å². The summed E-state index contributed by atoms with van der Waals surface area (Å²) < 4.78 is 1.47. The van der Waals surface area contributed by atoms with Gasteiger partial charge in [-0.2, -0.15) is 0 Å². The largest absolute Gasteiger partial charge is 0.330 e. The number of nitrogens with two attached hydrogens (primary N) is 2. The minimum atomic E-state index is 0.00824. The fourth-order valence-corrected chi connectivity index (χ4v) is 1.41. The zero-order valence-electron chi connectivity index (χ0n) is 7.84. The molecule has 0 spiro atoms. The Kier molecular flexibility index (Phi) is 3.27. The lowest BCUT2D eigenvalue weighted by molar-refractivity contribution is 0.717. The van der Waals surface area contributed by atoms with Gasteiger partial charge in [0.15, 0.2) is 0 Å². The number of nitrogens with one attached hydrogen (secondary N) is 1. The van der Waals surface area contributed by atoms with Crippen molar-refractivity contribution in [1.82, 2.24) is 9.78 Å². The van der Waals surface area contributed by atoms with Crippen molar-refractivity contribution >= 4 is 0 Å². The quantitative estimate of drug-likeness (QED) is 0.544. The average Bonchev–Trinajstić information content (AvgIpc) is 2.34. The number of hydrogen-bond donors (Lipinski definition) is 3. The predicted octanol–water partition coefficient (Wildman–Crippen LogP) is -1.28. The summed E-state index contributed by atoms with van der Waals surface area (Å²) in [5.74, 6) is 0. The molecule has 13 heavy (non-hydrogen) atoms. The SMILES string of the molecule is Cn1[nH]c(CCN)c(CCN)c1=O. The van der Waals surface area contributed by atoms with E-state index in [0.717, 1.165) is 11.3 Å². The van der Waals surface area contributed by atoms with Crippen LogP contribution in [-0.4, -0.2) is 22.9 Å². The second-order valence-corrected chi connectivity index (χ2v) is 3.01. The first-order chi connectivity index (χ1) is 6.20. The molecule has 0 aliphatic carbocycles. The Morgan fingerprint density at radius 1 is 1.31 bits per heavy atom. The summed E-state index contributed by atoms with van der Waals surface area (Å²) >= 11 is 0. The van der Waals surface area contributed by atoms with Crippen molar-refractivity contribution < 1.29 is 0 Å². The molecule has 1 rings (SSSR count). The van der Waals surface area contributed by atoms with Crippen molar-refractivity contribution in [3.05, 3.63) is 21.6 Å². The number of rotatable bonds is 4. The fourth-order valence-electron chi connectivity index (χ4n) is 1.41. The Labute approximate surface area is 76.7 Å². The molecule has 1 aromatic rings. The molecule has 5 nitrogen and oxygen atoms in total. The molecule has 1 heterocycles. The van der Waals surface area contributed by atoms with E-state index in [9.17, 15) is 4.79 Å². The lowest BCUT2D eigenvalue weighted by Gasteiger charge is -1.97. The van der Waals surface area contributed by atoms with Gasteiger partial charge < -0.3 is 11.5 Å². The minimum absolute atomic E-state index is 0.00824. The molecule has 0 unspecified atom stereocenters. The van der Waals surface area contributed by atoms with Crippen molar-refractivity contribution in [2.75, 3.05) is 13.1 Å². The van der Waals surface area contributed by atoms with Gasteiger partial charge in [-0.25, -0.2) is 0 Å². The van der Waals surface area contributed by atoms with Crippen LogP contribution in [0.4, 0.5) is 0 Å². The molecule has 74 valence electrons. The number of aromatic amines is 1. The monoisotopic (exact) mass is 184 g/mol. The van der Waals surface area contributed by atoms with Crippen molar-refractivity contribution in [1.29, 1.82) is 0 Å². The van der Waals surface area contributed by atoms with Crippen LogP contribution in [0.25, 0.3) is 0 Å². The van der Waals surface area contributed by atoms with Gasteiger partial charge in [-0.05, 0) is 19.5 Å². The van der Waals surface area contributed by atoms with E-state index >= 15 is 0 Å². The second-order valence-electron chi connectivity index (χ2n) is 3.01. The summed E-state index contributed by atoms with van der Waals surface area (Å²) in [7, 11) is 1.70. The zero-order valence-corrected chi connectivity index (χ0v) is 7.84. The lowest BCUT2D eigenvalue weighted by atomic mass is 10.1. The van der Waals surface area contributed by atoms with E-state index in [1.54, 1.807) is 7.05 Å². The molecule has 5 N–H and O–H groups in total. The first kappa shape index (κ1) is 10.0. The molecular weight excluding hydrogens is 168 g/mol. The van der Waals surface area contributed by atoms with E-state index in [4.69, 9.17) is 11.5 Å². The minimum Gasteiger partial charge on any atom is -0.330 e. The maximum Gasteiger partial charge on any atom is 0.269 e. The molecule has 0 aromatic carbocycles. The van der Waals surface area contributed by atoms with Crippen LogP contribution in [0.5, 0.6) is 0 Å². The number of aromatic nitrogens is 2. The Hall–Kier alpha value is -1.07. The van der Waals surface area contributed by atoms with Crippen LogP contribution in [0.3, 0.4) is 0 Å². The van der Waals surface area contributed by atoms with Gasteiger partial charge >= 0.3 is 0 Å². The van der Waals surface area contributed by atoms with Gasteiger partial charge in [0.05, 0.1) is 0 Å². The highest BCUT2D eigenvalue weighted by Crippen LogP contribution is 2.01. The smallest absolute Gasteiger partial charge is 0.269 e. The van der Waals surface area contributed by atoms with E-state index in [-0.39, 0.29) is 5.56 Å². The van der Waals surface area contributed by atoms with Crippen LogP contribution in [0.2, 0.25) is 0 Å². The number of H-pyrrole nitrogens is 1. The molecule has 1 aromatic heterocycles. The maximum absolute atomic E-state index is 11.5. The van der Waals surface area contributed by atoms with Crippen LogP contribution in [0.15, 0.2) is 4.79 Å². The van der Waals surface area contributed by atoms with E-state index in [1.165, 1.54) is 4.68 Å².